The molecule has 1 aliphatic heterocycles. The fraction of sp³-hybridized carbons (Fsp3) is 0.867. The Bertz CT molecular complexity index is 454. The predicted molar refractivity (Wildman–Crippen MR) is 79.8 cm³/mol. The van der Waals surface area contributed by atoms with Crippen LogP contribution < -0.4 is 0 Å². The smallest absolute Gasteiger partial charge is 0.364 e. The molecular weight excluding hydrogens is 324 g/mol. The summed E-state index contributed by atoms with van der Waals surface area (Å²) >= 11 is 0. The molecule has 0 aromatic rings. The first-order chi connectivity index (χ1) is 11.1. The lowest BCUT2D eigenvalue weighted by molar-refractivity contribution is -0.304. The van der Waals surface area contributed by atoms with Gasteiger partial charge in [0.25, 0.3) is 5.79 Å². The highest BCUT2D eigenvalue weighted by Crippen LogP contribution is 2.36. The molecule has 1 rings (SSSR count). The summed E-state index contributed by atoms with van der Waals surface area (Å²) in [6, 6.07) is 0. The maximum absolute atomic E-state index is 12.2. The number of carboxylic acids is 1. The molecule has 7 unspecified atom stereocenters. The van der Waals surface area contributed by atoms with Crippen LogP contribution in [0.1, 0.15) is 33.1 Å². The van der Waals surface area contributed by atoms with Gasteiger partial charge in [-0.1, -0.05) is 13.8 Å². The molecule has 0 aromatic heterocycles. The highest BCUT2D eigenvalue weighted by molar-refractivity contribution is 5.81. The van der Waals surface area contributed by atoms with E-state index < -0.39 is 55.1 Å². The van der Waals surface area contributed by atoms with E-state index >= 15 is 0 Å². The standard InChI is InChI=1S/C15H26O9/c1-3-7(2)9(17)4-8-10(18)5-15(23,14(21)22)24-13(8)12(20)11(19)6-16/h7-8,10-13,16,18-20,23H,3-6H2,1-2H3,(H,21,22). The number of hydrogen-bond donors (Lipinski definition) is 6. The Hall–Kier alpha value is -1.10. The lowest BCUT2D eigenvalue weighted by Crippen LogP contribution is -2.61. The third kappa shape index (κ3) is 4.50. The lowest BCUT2D eigenvalue weighted by Gasteiger charge is -2.44. The summed E-state index contributed by atoms with van der Waals surface area (Å²) in [5.74, 6) is -6.07. The molecule has 0 bridgehead atoms. The van der Waals surface area contributed by atoms with Crippen LogP contribution in [-0.4, -0.2) is 79.2 Å². The number of aliphatic hydroxyl groups excluding tert-OH is 4. The highest BCUT2D eigenvalue weighted by Gasteiger charge is 2.53. The fourth-order valence-electron chi connectivity index (χ4n) is 2.72. The number of Topliss-reactive ketones (excluding diaryl/α,β-unsaturated/α-hetero) is 1. The van der Waals surface area contributed by atoms with Crippen molar-refractivity contribution in [2.75, 3.05) is 6.61 Å². The van der Waals surface area contributed by atoms with Crippen LogP contribution in [0.15, 0.2) is 0 Å². The molecule has 1 heterocycles. The van der Waals surface area contributed by atoms with E-state index in [1.807, 2.05) is 0 Å². The van der Waals surface area contributed by atoms with Crippen LogP contribution in [0.5, 0.6) is 0 Å². The highest BCUT2D eigenvalue weighted by atomic mass is 16.7. The Balaban J connectivity index is 3.09. The van der Waals surface area contributed by atoms with Gasteiger partial charge in [0, 0.05) is 24.7 Å². The van der Waals surface area contributed by atoms with Gasteiger partial charge in [-0.2, -0.15) is 0 Å². The van der Waals surface area contributed by atoms with E-state index in [2.05, 4.69) is 0 Å². The van der Waals surface area contributed by atoms with Gasteiger partial charge in [0.05, 0.1) is 18.8 Å². The zero-order valence-electron chi connectivity index (χ0n) is 13.7. The van der Waals surface area contributed by atoms with Crippen molar-refractivity contribution >= 4 is 11.8 Å². The molecule has 140 valence electrons. The van der Waals surface area contributed by atoms with Gasteiger partial charge in [-0.25, -0.2) is 4.79 Å². The third-order valence-corrected chi connectivity index (χ3v) is 4.58. The number of aliphatic hydroxyl groups is 5. The monoisotopic (exact) mass is 350 g/mol. The number of aliphatic carboxylic acids is 1. The SMILES string of the molecule is CCC(C)C(=O)CC1C(O)CC(O)(C(=O)O)OC1C(O)C(O)CO. The number of ether oxygens (including phenoxy) is 1. The van der Waals surface area contributed by atoms with Crippen molar-refractivity contribution < 1.29 is 45.0 Å². The van der Waals surface area contributed by atoms with Crippen molar-refractivity contribution in [3.8, 4) is 0 Å². The minimum atomic E-state index is -2.75. The number of carbonyl (C=O) groups excluding carboxylic acids is 1. The van der Waals surface area contributed by atoms with Gasteiger partial charge in [-0.05, 0) is 6.42 Å². The zero-order valence-corrected chi connectivity index (χ0v) is 13.7. The van der Waals surface area contributed by atoms with Crippen molar-refractivity contribution in [1.82, 2.24) is 0 Å². The molecule has 9 nitrogen and oxygen atoms in total. The Morgan fingerprint density at radius 3 is 2.38 bits per heavy atom. The molecule has 7 atom stereocenters. The first-order valence-electron chi connectivity index (χ1n) is 7.88. The number of ketones is 1. The van der Waals surface area contributed by atoms with Crippen molar-refractivity contribution in [2.24, 2.45) is 11.8 Å². The van der Waals surface area contributed by atoms with Crippen molar-refractivity contribution in [3.05, 3.63) is 0 Å². The average Bonchev–Trinajstić information content (AvgIpc) is 2.54. The van der Waals surface area contributed by atoms with Gasteiger partial charge in [-0.3, -0.25) is 4.79 Å². The average molecular weight is 350 g/mol. The van der Waals surface area contributed by atoms with Crippen molar-refractivity contribution in [3.63, 3.8) is 0 Å². The Morgan fingerprint density at radius 2 is 1.92 bits per heavy atom. The van der Waals surface area contributed by atoms with E-state index in [0.29, 0.717) is 6.42 Å². The van der Waals surface area contributed by atoms with E-state index in [1.54, 1.807) is 13.8 Å². The summed E-state index contributed by atoms with van der Waals surface area (Å²) in [5.41, 5.74) is 0. The van der Waals surface area contributed by atoms with Crippen LogP contribution in [-0.2, 0) is 14.3 Å². The lowest BCUT2D eigenvalue weighted by atomic mass is 9.79. The molecule has 0 amide bonds. The van der Waals surface area contributed by atoms with Crippen molar-refractivity contribution in [2.45, 2.75) is 63.3 Å². The number of hydrogen-bond acceptors (Lipinski definition) is 8. The summed E-state index contributed by atoms with van der Waals surface area (Å²) in [4.78, 5) is 23.3. The molecule has 24 heavy (non-hydrogen) atoms. The van der Waals surface area contributed by atoms with E-state index in [1.165, 1.54) is 0 Å². The molecule has 0 aliphatic carbocycles. The van der Waals surface area contributed by atoms with Crippen LogP contribution in [0.25, 0.3) is 0 Å². The fourth-order valence-corrected chi connectivity index (χ4v) is 2.72. The van der Waals surface area contributed by atoms with E-state index in [9.17, 15) is 30.0 Å². The van der Waals surface area contributed by atoms with Gasteiger partial charge < -0.3 is 35.4 Å². The van der Waals surface area contributed by atoms with Crippen LogP contribution in [0.4, 0.5) is 0 Å². The second-order valence-electron chi connectivity index (χ2n) is 6.33. The summed E-state index contributed by atoms with van der Waals surface area (Å²) in [6.07, 6.45) is -6.78. The van der Waals surface area contributed by atoms with Gasteiger partial charge in [0.2, 0.25) is 0 Å². The minimum Gasteiger partial charge on any atom is -0.477 e. The van der Waals surface area contributed by atoms with E-state index in [0.717, 1.165) is 0 Å². The second kappa shape index (κ2) is 8.32. The molecule has 9 heteroatoms. The second-order valence-corrected chi connectivity index (χ2v) is 6.33. The summed E-state index contributed by atoms with van der Waals surface area (Å²) in [7, 11) is 0. The number of carboxylic acid groups (broad SMARTS) is 1. The summed E-state index contributed by atoms with van der Waals surface area (Å²) < 4.78 is 5.04. The normalized spacial score (nSPS) is 34.4. The Labute approximate surface area is 139 Å². The first-order valence-corrected chi connectivity index (χ1v) is 7.88. The van der Waals surface area contributed by atoms with Gasteiger partial charge in [-0.15, -0.1) is 0 Å². The van der Waals surface area contributed by atoms with Gasteiger partial charge in [0.15, 0.2) is 0 Å². The molecular formula is C15H26O9. The van der Waals surface area contributed by atoms with Gasteiger partial charge >= 0.3 is 5.97 Å². The maximum atomic E-state index is 12.2. The molecule has 6 N–H and O–H groups in total. The largest absolute Gasteiger partial charge is 0.477 e. The van der Waals surface area contributed by atoms with E-state index in [-0.39, 0.29) is 18.1 Å². The number of carbonyl (C=O) groups is 2. The molecule has 1 fully saturated rings. The van der Waals surface area contributed by atoms with Gasteiger partial charge in [0.1, 0.15) is 18.0 Å². The molecule has 0 radical (unpaired) electrons. The van der Waals surface area contributed by atoms with Crippen LogP contribution in [0.2, 0.25) is 0 Å². The predicted octanol–water partition coefficient (Wildman–Crippen LogP) is -1.75. The topological polar surface area (TPSA) is 165 Å². The molecule has 0 spiro atoms. The number of rotatable bonds is 8. The molecule has 0 aromatic carbocycles. The van der Waals surface area contributed by atoms with Crippen molar-refractivity contribution in [1.29, 1.82) is 0 Å². The van der Waals surface area contributed by atoms with Crippen LogP contribution in [0.3, 0.4) is 0 Å². The van der Waals surface area contributed by atoms with Crippen LogP contribution in [0, 0.1) is 11.8 Å². The van der Waals surface area contributed by atoms with Crippen LogP contribution >= 0.6 is 0 Å². The van der Waals surface area contributed by atoms with E-state index in [4.69, 9.17) is 14.9 Å². The summed E-state index contributed by atoms with van der Waals surface area (Å²) in [5, 5.41) is 57.9. The molecule has 0 saturated carbocycles. The Morgan fingerprint density at radius 1 is 1.33 bits per heavy atom. The Kier molecular flexibility index (Phi) is 7.26. The quantitative estimate of drug-likeness (QED) is 0.297. The molecule has 1 saturated heterocycles. The third-order valence-electron chi connectivity index (χ3n) is 4.58. The molecule has 1 aliphatic rings. The zero-order chi connectivity index (χ0) is 18.7. The maximum Gasteiger partial charge on any atom is 0.364 e. The first kappa shape index (κ1) is 20.9. The minimum absolute atomic E-state index is 0.217. The summed E-state index contributed by atoms with van der Waals surface area (Å²) in [6.45, 7) is 2.66.